The lowest BCUT2D eigenvalue weighted by Crippen LogP contribution is -2.42. The molecule has 0 fully saturated rings. The van der Waals surface area contributed by atoms with E-state index in [1.165, 1.54) is 45.5 Å². The molecule has 0 spiro atoms. The van der Waals surface area contributed by atoms with E-state index in [1.54, 1.807) is 0 Å². The van der Waals surface area contributed by atoms with Crippen molar-refractivity contribution in [3.63, 3.8) is 0 Å². The average molecular weight is 486 g/mol. The van der Waals surface area contributed by atoms with Crippen LogP contribution >= 0.6 is 29.6 Å². The van der Waals surface area contributed by atoms with Crippen LogP contribution in [0.2, 0.25) is 0 Å². The van der Waals surface area contributed by atoms with E-state index in [4.69, 9.17) is 16.3 Å². The number of amides is 3. The summed E-state index contributed by atoms with van der Waals surface area (Å²) >= 11 is 6.48. The van der Waals surface area contributed by atoms with E-state index >= 15 is 0 Å². The maximum atomic E-state index is 13.5. The van der Waals surface area contributed by atoms with Gasteiger partial charge < -0.3 is 4.74 Å². The zero-order valence-electron chi connectivity index (χ0n) is 16.6. The van der Waals surface area contributed by atoms with Crippen LogP contribution < -0.4 is 9.46 Å². The van der Waals surface area contributed by atoms with Gasteiger partial charge in [0.25, 0.3) is 10.0 Å². The second-order valence-electron chi connectivity index (χ2n) is 5.84. The van der Waals surface area contributed by atoms with Gasteiger partial charge >= 0.3 is 12.7 Å². The number of hydrogen-bond acceptors (Lipinski definition) is 7. The molecule has 0 aliphatic carbocycles. The number of benzene rings is 1. The molecule has 9 nitrogen and oxygen atoms in total. The Balaban J connectivity index is 3.10. The average Bonchev–Trinajstić information content (AvgIpc) is 2.71. The SMILES string of the molecule is CCCCSP(=O)(N(C)C(=O)CCl)N(C)C(=O)NS(=O)(=O)c1ccc(OC)cc1. The summed E-state index contributed by atoms with van der Waals surface area (Å²) in [6.07, 6.45) is 1.53. The fourth-order valence-electron chi connectivity index (χ4n) is 2.04. The largest absolute Gasteiger partial charge is 0.497 e. The van der Waals surface area contributed by atoms with Gasteiger partial charge in [-0.3, -0.25) is 18.7 Å². The third-order valence-corrected chi connectivity index (χ3v) is 11.2. The molecular weight excluding hydrogens is 461 g/mol. The second kappa shape index (κ2) is 11.1. The number of urea groups is 1. The van der Waals surface area contributed by atoms with Crippen molar-refractivity contribution in [1.29, 1.82) is 0 Å². The minimum absolute atomic E-state index is 0.168. The highest BCUT2D eigenvalue weighted by molar-refractivity contribution is 8.56. The lowest BCUT2D eigenvalue weighted by molar-refractivity contribution is -0.123. The normalized spacial score (nSPS) is 13.3. The summed E-state index contributed by atoms with van der Waals surface area (Å²) in [6, 6.07) is 4.28. The van der Waals surface area contributed by atoms with Crippen molar-refractivity contribution in [3.05, 3.63) is 24.3 Å². The molecule has 0 aliphatic heterocycles. The van der Waals surface area contributed by atoms with Crippen LogP contribution in [0.25, 0.3) is 0 Å². The van der Waals surface area contributed by atoms with Crippen molar-refractivity contribution in [2.24, 2.45) is 0 Å². The summed E-state index contributed by atoms with van der Waals surface area (Å²) in [4.78, 5) is 24.4. The van der Waals surface area contributed by atoms with E-state index in [0.717, 1.165) is 27.1 Å². The van der Waals surface area contributed by atoms with Crippen LogP contribution in [0.4, 0.5) is 4.79 Å². The molecule has 1 unspecified atom stereocenters. The van der Waals surface area contributed by atoms with E-state index in [2.05, 4.69) is 0 Å². The highest BCUT2D eigenvalue weighted by Crippen LogP contribution is 2.63. The summed E-state index contributed by atoms with van der Waals surface area (Å²) in [7, 11) is -0.339. The number of sulfonamides is 1. The van der Waals surface area contributed by atoms with Crippen LogP contribution in [0.1, 0.15) is 19.8 Å². The Morgan fingerprint density at radius 2 is 1.79 bits per heavy atom. The molecule has 1 atom stereocenters. The molecule has 1 N–H and O–H groups in total. The predicted molar refractivity (Wildman–Crippen MR) is 115 cm³/mol. The maximum absolute atomic E-state index is 13.5. The summed E-state index contributed by atoms with van der Waals surface area (Å²) in [5.41, 5.74) is 0. The Hall–Kier alpha value is -1.42. The quantitative estimate of drug-likeness (QED) is 0.307. The van der Waals surface area contributed by atoms with Gasteiger partial charge in [0.1, 0.15) is 11.6 Å². The highest BCUT2D eigenvalue weighted by atomic mass is 35.5. The van der Waals surface area contributed by atoms with Gasteiger partial charge in [-0.15, -0.1) is 11.6 Å². The van der Waals surface area contributed by atoms with Crippen LogP contribution in [0.5, 0.6) is 5.75 Å². The summed E-state index contributed by atoms with van der Waals surface area (Å²) < 4.78 is 47.0. The van der Waals surface area contributed by atoms with E-state index in [1.807, 2.05) is 11.6 Å². The number of unbranched alkanes of at least 4 members (excludes halogenated alkanes) is 1. The Labute approximate surface area is 180 Å². The van der Waals surface area contributed by atoms with Crippen LogP contribution in [-0.2, 0) is 19.4 Å². The van der Waals surface area contributed by atoms with Gasteiger partial charge in [-0.1, -0.05) is 24.7 Å². The zero-order valence-corrected chi connectivity index (χ0v) is 19.9. The third-order valence-electron chi connectivity index (χ3n) is 3.88. The Kier molecular flexibility index (Phi) is 9.81. The van der Waals surface area contributed by atoms with Gasteiger partial charge in [-0.05, 0) is 30.7 Å². The summed E-state index contributed by atoms with van der Waals surface area (Å²) in [6.45, 7) is -1.86. The molecular formula is C16H25ClN3O6PS2. The molecule has 1 aromatic carbocycles. The minimum Gasteiger partial charge on any atom is -0.497 e. The monoisotopic (exact) mass is 485 g/mol. The van der Waals surface area contributed by atoms with Crippen molar-refractivity contribution in [2.75, 3.05) is 32.8 Å². The number of halogens is 1. The number of methoxy groups -OCH3 is 1. The molecule has 0 saturated heterocycles. The van der Waals surface area contributed by atoms with Crippen molar-refractivity contribution >= 4 is 51.6 Å². The summed E-state index contributed by atoms with van der Waals surface area (Å²) in [5, 5.41) is 0. The Morgan fingerprint density at radius 3 is 2.28 bits per heavy atom. The number of nitrogens with one attached hydrogen (secondary N) is 1. The number of carbonyl (C=O) groups excluding carboxylic acids is 2. The first-order chi connectivity index (χ1) is 13.5. The molecule has 0 bridgehead atoms. The molecule has 1 rings (SSSR count). The van der Waals surface area contributed by atoms with Crippen LogP contribution in [0, 0.1) is 0 Å². The number of hydrogen-bond donors (Lipinski definition) is 1. The van der Waals surface area contributed by atoms with Gasteiger partial charge in [0.15, 0.2) is 0 Å². The lowest BCUT2D eigenvalue weighted by Gasteiger charge is -2.33. The number of rotatable bonds is 10. The third kappa shape index (κ3) is 6.53. The molecule has 3 amide bonds. The van der Waals surface area contributed by atoms with E-state index in [9.17, 15) is 22.6 Å². The van der Waals surface area contributed by atoms with Crippen LogP contribution in [-0.4, -0.2) is 62.5 Å². The van der Waals surface area contributed by atoms with Crippen molar-refractivity contribution < 1.29 is 27.3 Å². The molecule has 0 saturated carbocycles. The first kappa shape index (κ1) is 25.6. The Morgan fingerprint density at radius 1 is 1.21 bits per heavy atom. The Bertz CT molecular complexity index is 866. The van der Waals surface area contributed by atoms with E-state index < -0.39 is 34.5 Å². The van der Waals surface area contributed by atoms with E-state index in [-0.39, 0.29) is 4.90 Å². The van der Waals surface area contributed by atoms with Gasteiger partial charge in [0, 0.05) is 19.8 Å². The molecule has 164 valence electrons. The number of alkyl halides is 1. The molecule has 0 radical (unpaired) electrons. The van der Waals surface area contributed by atoms with Gasteiger partial charge in [-0.25, -0.2) is 17.9 Å². The van der Waals surface area contributed by atoms with E-state index in [0.29, 0.717) is 17.9 Å². The molecule has 0 aromatic heterocycles. The smallest absolute Gasteiger partial charge is 0.338 e. The number of nitrogens with zero attached hydrogens (tertiary/aromatic N) is 2. The highest BCUT2D eigenvalue weighted by Gasteiger charge is 2.40. The molecule has 13 heteroatoms. The number of ether oxygens (including phenoxy) is 1. The lowest BCUT2D eigenvalue weighted by atomic mass is 10.3. The molecule has 29 heavy (non-hydrogen) atoms. The zero-order chi connectivity index (χ0) is 22.2. The first-order valence-corrected chi connectivity index (χ1v) is 13.8. The topological polar surface area (TPSA) is 113 Å². The molecule has 1 aromatic rings. The number of carbonyl (C=O) groups is 2. The first-order valence-electron chi connectivity index (χ1n) is 8.56. The van der Waals surface area contributed by atoms with Crippen molar-refractivity contribution in [3.8, 4) is 5.75 Å². The maximum Gasteiger partial charge on any atom is 0.338 e. The minimum atomic E-state index is -4.22. The van der Waals surface area contributed by atoms with Crippen molar-refractivity contribution in [2.45, 2.75) is 24.7 Å². The fourth-order valence-corrected chi connectivity index (χ4v) is 8.02. The van der Waals surface area contributed by atoms with Gasteiger partial charge in [0.05, 0.1) is 12.0 Å². The standard InChI is InChI=1S/C16H25ClN3O6PS2/c1-5-6-11-28-27(23,19(2)15(21)12-17)20(3)16(22)18-29(24,25)14-9-7-13(26-4)8-10-14/h7-10H,5-6,11-12H2,1-4H3,(H,18,22). The van der Waals surface area contributed by atoms with Crippen molar-refractivity contribution in [1.82, 2.24) is 14.1 Å². The second-order valence-corrected chi connectivity index (χ2v) is 12.8. The van der Waals surface area contributed by atoms with Gasteiger partial charge in [0.2, 0.25) is 5.91 Å². The molecule has 0 aliphatic rings. The van der Waals surface area contributed by atoms with Crippen LogP contribution in [0.3, 0.4) is 0 Å². The van der Waals surface area contributed by atoms with Crippen LogP contribution in [0.15, 0.2) is 29.2 Å². The predicted octanol–water partition coefficient (Wildman–Crippen LogP) is 3.36. The summed E-state index contributed by atoms with van der Waals surface area (Å²) in [5.74, 6) is -0.201. The molecule has 0 heterocycles. The fraction of sp³-hybridized carbons (Fsp3) is 0.500. The van der Waals surface area contributed by atoms with Gasteiger partial charge in [-0.2, -0.15) is 0 Å².